The molecule has 0 aromatic carbocycles. The van der Waals surface area contributed by atoms with Crippen LogP contribution in [0.2, 0.25) is 18.1 Å². The molecule has 1 aliphatic heterocycles. The molecular weight excluding hydrogens is 372 g/mol. The summed E-state index contributed by atoms with van der Waals surface area (Å²) >= 11 is 0. The average Bonchev–Trinajstić information content (AvgIpc) is 2.83. The lowest BCUT2D eigenvalue weighted by Gasteiger charge is -2.36. The second-order valence-corrected chi connectivity index (χ2v) is 13.2. The average molecular weight is 403 g/mol. The number of H-pyrrole nitrogens is 1. The Bertz CT molecular complexity index is 768. The normalized spacial score (nSPS) is 26.5. The topological polar surface area (TPSA) is 134 Å². The van der Waals surface area contributed by atoms with E-state index in [9.17, 15) is 24.9 Å². The minimum Gasteiger partial charge on any atom is -0.416 e. The van der Waals surface area contributed by atoms with Gasteiger partial charge in [0.25, 0.3) is 5.56 Å². The van der Waals surface area contributed by atoms with Crippen molar-refractivity contribution < 1.29 is 24.5 Å². The Morgan fingerprint density at radius 3 is 2.41 bits per heavy atom. The molecule has 0 amide bonds. The van der Waals surface area contributed by atoms with Crippen molar-refractivity contribution >= 4 is 8.32 Å². The Kier molecular flexibility index (Phi) is 6.50. The van der Waals surface area contributed by atoms with Gasteiger partial charge in [0.05, 0.1) is 6.61 Å². The van der Waals surface area contributed by atoms with Crippen LogP contribution < -0.4 is 11.2 Å². The van der Waals surface area contributed by atoms with Gasteiger partial charge in [-0.3, -0.25) is 14.3 Å². The molecule has 2 rings (SSSR count). The van der Waals surface area contributed by atoms with E-state index < -0.39 is 50.7 Å². The van der Waals surface area contributed by atoms with E-state index in [1.807, 2.05) is 0 Å². The van der Waals surface area contributed by atoms with Crippen LogP contribution in [0.15, 0.2) is 15.8 Å². The Balaban J connectivity index is 2.20. The predicted molar refractivity (Wildman–Crippen MR) is 101 cm³/mol. The molecule has 4 atom stereocenters. The number of ether oxygens (including phenoxy) is 1. The summed E-state index contributed by atoms with van der Waals surface area (Å²) in [6.07, 6.45) is -3.32. The van der Waals surface area contributed by atoms with Crippen molar-refractivity contribution in [3.8, 4) is 0 Å². The number of aromatic amines is 1. The number of hydrogen-bond donors (Lipinski definition) is 4. The molecule has 4 N–H and O–H groups in total. The summed E-state index contributed by atoms with van der Waals surface area (Å²) in [6.45, 7) is 10.4. The van der Waals surface area contributed by atoms with Gasteiger partial charge in [-0.2, -0.15) is 0 Å². The summed E-state index contributed by atoms with van der Waals surface area (Å²) < 4.78 is 12.5. The molecule has 27 heavy (non-hydrogen) atoms. The summed E-state index contributed by atoms with van der Waals surface area (Å²) in [5, 5.41) is 29.2. The highest BCUT2D eigenvalue weighted by atomic mass is 28.4. The van der Waals surface area contributed by atoms with Crippen LogP contribution in [0.25, 0.3) is 0 Å². The maximum atomic E-state index is 12.1. The number of rotatable bonds is 6. The van der Waals surface area contributed by atoms with Crippen LogP contribution in [0.5, 0.6) is 0 Å². The van der Waals surface area contributed by atoms with E-state index in [1.165, 1.54) is 6.20 Å². The van der Waals surface area contributed by atoms with Crippen LogP contribution in [0.4, 0.5) is 0 Å². The zero-order valence-corrected chi connectivity index (χ0v) is 17.4. The number of aromatic nitrogens is 2. The molecule has 1 aromatic heterocycles. The molecule has 154 valence electrons. The Morgan fingerprint density at radius 2 is 1.89 bits per heavy atom. The quantitative estimate of drug-likeness (QED) is 0.481. The maximum absolute atomic E-state index is 12.1. The molecule has 1 fully saturated rings. The summed E-state index contributed by atoms with van der Waals surface area (Å²) in [5.41, 5.74) is -0.975. The SMILES string of the molecule is CC(C)(C)[Si](C)(C)OCCc1cn([C@@H]2O[C@H](CO)[C@@H](O)[C@H]2O)c(=O)[nH]c1=O. The second-order valence-electron chi connectivity index (χ2n) is 8.41. The first-order chi connectivity index (χ1) is 12.4. The van der Waals surface area contributed by atoms with Crippen LogP contribution in [0.3, 0.4) is 0 Å². The zero-order chi connectivity index (χ0) is 20.6. The number of nitrogens with zero attached hydrogens (tertiary/aromatic N) is 1. The van der Waals surface area contributed by atoms with Crippen LogP contribution in [0.1, 0.15) is 32.6 Å². The highest BCUT2D eigenvalue weighted by Gasteiger charge is 2.44. The summed E-state index contributed by atoms with van der Waals surface area (Å²) in [4.78, 5) is 26.5. The van der Waals surface area contributed by atoms with Crippen molar-refractivity contribution in [3.05, 3.63) is 32.6 Å². The molecule has 1 aromatic rings. The molecular formula is C17H30N2O7Si. The van der Waals surface area contributed by atoms with E-state index in [-0.39, 0.29) is 11.5 Å². The lowest BCUT2D eigenvalue weighted by atomic mass is 10.1. The van der Waals surface area contributed by atoms with Crippen molar-refractivity contribution in [1.29, 1.82) is 0 Å². The molecule has 9 nitrogen and oxygen atoms in total. The van der Waals surface area contributed by atoms with E-state index >= 15 is 0 Å². The highest BCUT2D eigenvalue weighted by Crippen LogP contribution is 2.36. The standard InChI is InChI=1S/C17H30N2O7Si/c1-17(2,3)27(4,5)25-7-6-10-8-19(16(24)18-14(10)23)15-13(22)12(21)11(9-20)26-15/h8,11-13,15,20-22H,6-7,9H2,1-5H3,(H,18,23,24)/t11-,12-,13-,15-/m1/s1. The Hall–Kier alpha value is -1.30. The van der Waals surface area contributed by atoms with Gasteiger partial charge in [0.1, 0.15) is 18.3 Å². The molecule has 0 unspecified atom stereocenters. The third-order valence-electron chi connectivity index (χ3n) is 5.47. The molecule has 1 saturated heterocycles. The summed E-state index contributed by atoms with van der Waals surface area (Å²) in [6, 6.07) is 0. The first kappa shape index (κ1) is 22.0. The zero-order valence-electron chi connectivity index (χ0n) is 16.4. The van der Waals surface area contributed by atoms with Crippen molar-refractivity contribution in [2.45, 2.75) is 69.9 Å². The summed E-state index contributed by atoms with van der Waals surface area (Å²) in [5.74, 6) is 0. The second kappa shape index (κ2) is 7.98. The molecule has 10 heteroatoms. The van der Waals surface area contributed by atoms with Gasteiger partial charge in [0.2, 0.25) is 0 Å². The molecule has 0 saturated carbocycles. The molecule has 0 aliphatic carbocycles. The van der Waals surface area contributed by atoms with Gasteiger partial charge >= 0.3 is 5.69 Å². The van der Waals surface area contributed by atoms with Gasteiger partial charge in [-0.05, 0) is 18.1 Å². The predicted octanol–water partition coefficient (Wildman–Crippen LogP) is -0.288. The van der Waals surface area contributed by atoms with Gasteiger partial charge < -0.3 is 24.5 Å². The van der Waals surface area contributed by atoms with Crippen LogP contribution in [-0.4, -0.2) is 64.7 Å². The van der Waals surface area contributed by atoms with Crippen LogP contribution in [-0.2, 0) is 15.6 Å². The fourth-order valence-electron chi connectivity index (χ4n) is 2.64. The van der Waals surface area contributed by atoms with Gasteiger partial charge in [-0.1, -0.05) is 20.8 Å². The molecule has 0 spiro atoms. The number of aliphatic hydroxyl groups is 3. The van der Waals surface area contributed by atoms with Crippen molar-refractivity contribution in [3.63, 3.8) is 0 Å². The molecule has 1 aliphatic rings. The maximum Gasteiger partial charge on any atom is 0.330 e. The van der Waals surface area contributed by atoms with E-state index in [2.05, 4.69) is 38.8 Å². The third kappa shape index (κ3) is 4.58. The van der Waals surface area contributed by atoms with Crippen LogP contribution >= 0.6 is 0 Å². The van der Waals surface area contributed by atoms with E-state index in [0.29, 0.717) is 12.2 Å². The van der Waals surface area contributed by atoms with E-state index in [4.69, 9.17) is 9.16 Å². The largest absolute Gasteiger partial charge is 0.416 e. The number of nitrogens with one attached hydrogen (secondary N) is 1. The van der Waals surface area contributed by atoms with Gasteiger partial charge in [-0.15, -0.1) is 0 Å². The fraction of sp³-hybridized carbons (Fsp3) is 0.765. The number of aliphatic hydroxyl groups excluding tert-OH is 3. The fourth-order valence-corrected chi connectivity index (χ4v) is 3.68. The Morgan fingerprint density at radius 1 is 1.26 bits per heavy atom. The lowest BCUT2D eigenvalue weighted by molar-refractivity contribution is -0.0551. The van der Waals surface area contributed by atoms with E-state index in [0.717, 1.165) is 4.57 Å². The van der Waals surface area contributed by atoms with Crippen molar-refractivity contribution in [2.24, 2.45) is 0 Å². The molecule has 0 bridgehead atoms. The van der Waals surface area contributed by atoms with Gasteiger partial charge in [0.15, 0.2) is 14.5 Å². The van der Waals surface area contributed by atoms with Crippen molar-refractivity contribution in [2.75, 3.05) is 13.2 Å². The third-order valence-corrected chi connectivity index (χ3v) is 10.0. The first-order valence-corrected chi connectivity index (χ1v) is 11.9. The van der Waals surface area contributed by atoms with Gasteiger partial charge in [0, 0.05) is 24.8 Å². The molecule has 0 radical (unpaired) electrons. The Labute approximate surface area is 158 Å². The van der Waals surface area contributed by atoms with Crippen molar-refractivity contribution in [1.82, 2.24) is 9.55 Å². The minimum absolute atomic E-state index is 0.0372. The first-order valence-electron chi connectivity index (χ1n) is 9.00. The van der Waals surface area contributed by atoms with Crippen LogP contribution in [0, 0.1) is 0 Å². The minimum atomic E-state index is -1.97. The highest BCUT2D eigenvalue weighted by molar-refractivity contribution is 6.74. The smallest absolute Gasteiger partial charge is 0.330 e. The lowest BCUT2D eigenvalue weighted by Crippen LogP contribution is -2.42. The molecule has 2 heterocycles. The monoisotopic (exact) mass is 402 g/mol. The van der Waals surface area contributed by atoms with E-state index in [1.54, 1.807) is 0 Å². The van der Waals surface area contributed by atoms with Gasteiger partial charge in [-0.25, -0.2) is 4.79 Å². The summed E-state index contributed by atoms with van der Waals surface area (Å²) in [7, 11) is -1.97. The number of hydrogen-bond acceptors (Lipinski definition) is 7.